The average molecular weight is 345 g/mol. The molecular weight excluding hydrogens is 314 g/mol. The SMILES string of the molecule is CC1CCCN1CCCOc1ccccc1C(=O)N1CCN(C)CC1. The van der Waals surface area contributed by atoms with E-state index in [4.69, 9.17) is 4.74 Å². The van der Waals surface area contributed by atoms with Gasteiger partial charge in [0.2, 0.25) is 0 Å². The van der Waals surface area contributed by atoms with Gasteiger partial charge in [0.05, 0.1) is 12.2 Å². The third kappa shape index (κ3) is 4.73. The molecule has 2 fully saturated rings. The van der Waals surface area contributed by atoms with Gasteiger partial charge in [-0.1, -0.05) is 12.1 Å². The first-order valence-electron chi connectivity index (χ1n) is 9.59. The Hall–Kier alpha value is -1.59. The number of carbonyl (C=O) groups is 1. The van der Waals surface area contributed by atoms with Crippen molar-refractivity contribution in [3.8, 4) is 5.75 Å². The molecule has 0 saturated carbocycles. The topological polar surface area (TPSA) is 36.0 Å². The maximum absolute atomic E-state index is 12.8. The number of benzene rings is 1. The summed E-state index contributed by atoms with van der Waals surface area (Å²) in [6.07, 6.45) is 3.62. The fourth-order valence-corrected chi connectivity index (χ4v) is 3.72. The summed E-state index contributed by atoms with van der Waals surface area (Å²) in [6.45, 7) is 8.70. The first-order chi connectivity index (χ1) is 12.1. The second kappa shape index (κ2) is 8.68. The van der Waals surface area contributed by atoms with Crippen LogP contribution in [0.15, 0.2) is 24.3 Å². The van der Waals surface area contributed by atoms with Crippen LogP contribution in [0.1, 0.15) is 36.5 Å². The number of piperazine rings is 1. The first kappa shape index (κ1) is 18.2. The third-order valence-corrected chi connectivity index (χ3v) is 5.45. The minimum Gasteiger partial charge on any atom is -0.493 e. The number of likely N-dealkylation sites (tertiary alicyclic amines) is 1. The van der Waals surface area contributed by atoms with Crippen molar-refractivity contribution in [2.45, 2.75) is 32.2 Å². The minimum absolute atomic E-state index is 0.0943. The summed E-state index contributed by atoms with van der Waals surface area (Å²) in [6, 6.07) is 8.37. The van der Waals surface area contributed by atoms with Gasteiger partial charge in [-0.2, -0.15) is 0 Å². The first-order valence-corrected chi connectivity index (χ1v) is 9.59. The van der Waals surface area contributed by atoms with Crippen LogP contribution in [0.4, 0.5) is 0 Å². The fraction of sp³-hybridized carbons (Fsp3) is 0.650. The van der Waals surface area contributed by atoms with Gasteiger partial charge in [0, 0.05) is 38.8 Å². The monoisotopic (exact) mass is 345 g/mol. The van der Waals surface area contributed by atoms with Crippen molar-refractivity contribution < 1.29 is 9.53 Å². The van der Waals surface area contributed by atoms with Gasteiger partial charge in [-0.05, 0) is 51.9 Å². The van der Waals surface area contributed by atoms with E-state index in [2.05, 4.69) is 23.8 Å². The molecule has 0 bridgehead atoms. The van der Waals surface area contributed by atoms with Crippen molar-refractivity contribution in [3.05, 3.63) is 29.8 Å². The predicted octanol–water partition coefficient (Wildman–Crippen LogP) is 2.33. The van der Waals surface area contributed by atoms with Crippen LogP contribution in [-0.4, -0.2) is 79.6 Å². The van der Waals surface area contributed by atoms with Gasteiger partial charge in [0.1, 0.15) is 5.75 Å². The van der Waals surface area contributed by atoms with Crippen LogP contribution < -0.4 is 4.74 Å². The molecule has 1 unspecified atom stereocenters. The van der Waals surface area contributed by atoms with Crippen molar-refractivity contribution in [1.82, 2.24) is 14.7 Å². The van der Waals surface area contributed by atoms with Gasteiger partial charge in [-0.25, -0.2) is 0 Å². The number of ether oxygens (including phenoxy) is 1. The lowest BCUT2D eigenvalue weighted by atomic mass is 10.1. The van der Waals surface area contributed by atoms with Gasteiger partial charge >= 0.3 is 0 Å². The predicted molar refractivity (Wildman–Crippen MR) is 100 cm³/mol. The van der Waals surface area contributed by atoms with Gasteiger partial charge in [0.25, 0.3) is 5.91 Å². The lowest BCUT2D eigenvalue weighted by molar-refractivity contribution is 0.0659. The molecule has 0 aromatic heterocycles. The standard InChI is InChI=1S/C20H31N3O2/c1-17-7-5-10-22(17)11-6-16-25-19-9-4-3-8-18(19)20(24)23-14-12-21(2)13-15-23/h3-4,8-9,17H,5-7,10-16H2,1-2H3. The van der Waals surface area contributed by atoms with E-state index < -0.39 is 0 Å². The van der Waals surface area contributed by atoms with E-state index in [1.807, 2.05) is 29.2 Å². The number of hydrogen-bond acceptors (Lipinski definition) is 4. The zero-order valence-corrected chi connectivity index (χ0v) is 15.6. The molecule has 1 aromatic carbocycles. The summed E-state index contributed by atoms with van der Waals surface area (Å²) in [4.78, 5) is 19.6. The quantitative estimate of drug-likeness (QED) is 0.742. The van der Waals surface area contributed by atoms with Crippen molar-refractivity contribution in [2.24, 2.45) is 0 Å². The largest absolute Gasteiger partial charge is 0.493 e. The molecule has 0 aliphatic carbocycles. The van der Waals surface area contributed by atoms with E-state index in [-0.39, 0.29) is 5.91 Å². The van der Waals surface area contributed by atoms with Crippen LogP contribution in [0, 0.1) is 0 Å². The number of hydrogen-bond donors (Lipinski definition) is 0. The Balaban J connectivity index is 1.52. The van der Waals surface area contributed by atoms with Crippen molar-refractivity contribution >= 4 is 5.91 Å². The molecule has 0 spiro atoms. The lowest BCUT2D eigenvalue weighted by Crippen LogP contribution is -2.47. The van der Waals surface area contributed by atoms with E-state index in [9.17, 15) is 4.79 Å². The van der Waals surface area contributed by atoms with Gasteiger partial charge in [-0.15, -0.1) is 0 Å². The second-order valence-electron chi connectivity index (χ2n) is 7.32. The summed E-state index contributed by atoms with van der Waals surface area (Å²) in [5.41, 5.74) is 0.696. The van der Waals surface area contributed by atoms with E-state index >= 15 is 0 Å². The Morgan fingerprint density at radius 2 is 1.92 bits per heavy atom. The number of rotatable bonds is 6. The van der Waals surface area contributed by atoms with Crippen LogP contribution >= 0.6 is 0 Å². The van der Waals surface area contributed by atoms with Gasteiger partial charge in [0.15, 0.2) is 0 Å². The molecule has 2 heterocycles. The normalized spacial score (nSPS) is 22.3. The maximum atomic E-state index is 12.8. The highest BCUT2D eigenvalue weighted by Gasteiger charge is 2.23. The fourth-order valence-electron chi connectivity index (χ4n) is 3.72. The van der Waals surface area contributed by atoms with E-state index in [0.29, 0.717) is 18.2 Å². The molecule has 3 rings (SSSR count). The molecule has 138 valence electrons. The lowest BCUT2D eigenvalue weighted by Gasteiger charge is -2.32. The van der Waals surface area contributed by atoms with Gasteiger partial charge < -0.3 is 19.4 Å². The van der Waals surface area contributed by atoms with Crippen molar-refractivity contribution in [1.29, 1.82) is 0 Å². The summed E-state index contributed by atoms with van der Waals surface area (Å²) < 4.78 is 5.98. The van der Waals surface area contributed by atoms with E-state index in [1.165, 1.54) is 19.4 Å². The van der Waals surface area contributed by atoms with E-state index in [0.717, 1.165) is 44.9 Å². The highest BCUT2D eigenvalue weighted by molar-refractivity contribution is 5.97. The van der Waals surface area contributed by atoms with E-state index in [1.54, 1.807) is 0 Å². The number of carbonyl (C=O) groups excluding carboxylic acids is 1. The molecular formula is C20H31N3O2. The number of para-hydroxylation sites is 1. The molecule has 1 aromatic rings. The van der Waals surface area contributed by atoms with Crippen LogP contribution in [0.3, 0.4) is 0 Å². The maximum Gasteiger partial charge on any atom is 0.257 e. The molecule has 0 radical (unpaired) electrons. The average Bonchev–Trinajstić information content (AvgIpc) is 3.04. The Labute approximate surface area is 151 Å². The van der Waals surface area contributed by atoms with Gasteiger partial charge in [-0.3, -0.25) is 4.79 Å². The molecule has 5 heteroatoms. The molecule has 2 aliphatic rings. The Morgan fingerprint density at radius 1 is 1.16 bits per heavy atom. The summed E-state index contributed by atoms with van der Waals surface area (Å²) in [5, 5.41) is 0. The minimum atomic E-state index is 0.0943. The molecule has 1 amide bonds. The van der Waals surface area contributed by atoms with Crippen LogP contribution in [-0.2, 0) is 0 Å². The van der Waals surface area contributed by atoms with Crippen molar-refractivity contribution in [3.63, 3.8) is 0 Å². The Kier molecular flexibility index (Phi) is 6.32. The van der Waals surface area contributed by atoms with Crippen molar-refractivity contribution in [2.75, 3.05) is 52.9 Å². The smallest absolute Gasteiger partial charge is 0.257 e. The van der Waals surface area contributed by atoms with Crippen LogP contribution in [0.25, 0.3) is 0 Å². The third-order valence-electron chi connectivity index (χ3n) is 5.45. The molecule has 5 nitrogen and oxygen atoms in total. The zero-order valence-electron chi connectivity index (χ0n) is 15.6. The van der Waals surface area contributed by atoms with Crippen LogP contribution in [0.2, 0.25) is 0 Å². The number of amides is 1. The summed E-state index contributed by atoms with van der Waals surface area (Å²) in [7, 11) is 2.10. The molecule has 0 N–H and O–H groups in total. The number of likely N-dealkylation sites (N-methyl/N-ethyl adjacent to an activating group) is 1. The summed E-state index contributed by atoms with van der Waals surface area (Å²) >= 11 is 0. The Bertz CT molecular complexity index is 570. The molecule has 2 saturated heterocycles. The summed E-state index contributed by atoms with van der Waals surface area (Å²) in [5.74, 6) is 0.817. The zero-order chi connectivity index (χ0) is 17.6. The Morgan fingerprint density at radius 3 is 2.64 bits per heavy atom. The molecule has 1 atom stereocenters. The highest BCUT2D eigenvalue weighted by atomic mass is 16.5. The second-order valence-corrected chi connectivity index (χ2v) is 7.32. The molecule has 2 aliphatic heterocycles. The highest BCUT2D eigenvalue weighted by Crippen LogP contribution is 2.21. The molecule has 25 heavy (non-hydrogen) atoms. The number of nitrogens with zero attached hydrogens (tertiary/aromatic N) is 3. The van der Waals surface area contributed by atoms with Crippen LogP contribution in [0.5, 0.6) is 5.75 Å².